The van der Waals surface area contributed by atoms with Crippen LogP contribution < -0.4 is 0 Å². The quantitative estimate of drug-likeness (QED) is 0.457. The summed E-state index contributed by atoms with van der Waals surface area (Å²) in [4.78, 5) is 14.0. The zero-order valence-electron chi connectivity index (χ0n) is 6.87. The Morgan fingerprint density at radius 3 is 3.17 bits per heavy atom. The summed E-state index contributed by atoms with van der Waals surface area (Å²) in [5.41, 5.74) is 1.79. The largest absolute Gasteiger partial charge is 0.302 e. The lowest BCUT2D eigenvalue weighted by molar-refractivity contribution is -0.107. The number of aryl methyl sites for hydroxylation is 1. The summed E-state index contributed by atoms with van der Waals surface area (Å²) in [7, 11) is 0. The molecule has 0 amide bonds. The number of carbonyl (C=O) groups is 1. The Kier molecular flexibility index (Phi) is 3.04. The molecule has 12 heavy (non-hydrogen) atoms. The first-order valence-electron chi connectivity index (χ1n) is 3.68. The topological polar surface area (TPSA) is 30.0 Å². The molecular formula is C10H9NO. The van der Waals surface area contributed by atoms with Crippen LogP contribution in [-0.4, -0.2) is 11.3 Å². The van der Waals surface area contributed by atoms with Crippen LogP contribution in [0.25, 0.3) is 0 Å². The van der Waals surface area contributed by atoms with E-state index in [1.54, 1.807) is 6.20 Å². The summed E-state index contributed by atoms with van der Waals surface area (Å²) in [5.74, 6) is 5.53. The number of carbonyl (C=O) groups excluding carboxylic acids is 1. The third-order valence-electron chi connectivity index (χ3n) is 1.40. The minimum Gasteiger partial charge on any atom is -0.302 e. The second-order valence-electron chi connectivity index (χ2n) is 2.34. The van der Waals surface area contributed by atoms with Crippen molar-refractivity contribution < 1.29 is 4.79 Å². The molecule has 1 aromatic heterocycles. The number of hydrogen-bond acceptors (Lipinski definition) is 2. The highest BCUT2D eigenvalue weighted by atomic mass is 16.1. The van der Waals surface area contributed by atoms with Gasteiger partial charge in [0.05, 0.1) is 6.42 Å². The van der Waals surface area contributed by atoms with E-state index in [1.807, 2.05) is 19.1 Å². The lowest BCUT2D eigenvalue weighted by Gasteiger charge is -1.92. The van der Waals surface area contributed by atoms with E-state index < -0.39 is 0 Å². The number of rotatable bonds is 1. The van der Waals surface area contributed by atoms with E-state index in [0.29, 0.717) is 0 Å². The zero-order chi connectivity index (χ0) is 8.81. The summed E-state index contributed by atoms with van der Waals surface area (Å²) >= 11 is 0. The Bertz CT molecular complexity index is 333. The van der Waals surface area contributed by atoms with E-state index in [9.17, 15) is 4.79 Å². The SMILES string of the molecule is Cc1cccnc1C#CCC=O. The standard InChI is InChI=1S/C10H9NO/c1-9-5-4-7-11-10(9)6-2-3-8-12/h4-5,7-8H,3H2,1H3. The molecule has 1 aromatic rings. The van der Waals surface area contributed by atoms with Crippen LogP contribution in [0.4, 0.5) is 0 Å². The molecule has 0 bridgehead atoms. The van der Waals surface area contributed by atoms with E-state index in [-0.39, 0.29) is 6.42 Å². The molecule has 0 saturated heterocycles. The van der Waals surface area contributed by atoms with Crippen LogP contribution in [0, 0.1) is 18.8 Å². The van der Waals surface area contributed by atoms with Crippen LogP contribution in [0.2, 0.25) is 0 Å². The highest BCUT2D eigenvalue weighted by Gasteiger charge is 1.90. The normalized spacial score (nSPS) is 8.42. The Balaban J connectivity index is 2.84. The molecule has 0 fully saturated rings. The molecule has 0 N–H and O–H groups in total. The van der Waals surface area contributed by atoms with Gasteiger partial charge in [-0.1, -0.05) is 12.0 Å². The monoisotopic (exact) mass is 159 g/mol. The first-order valence-corrected chi connectivity index (χ1v) is 3.68. The predicted octanol–water partition coefficient (Wildman–Crippen LogP) is 1.33. The molecule has 0 atom stereocenters. The van der Waals surface area contributed by atoms with Crippen LogP contribution in [-0.2, 0) is 4.79 Å². The van der Waals surface area contributed by atoms with E-state index in [1.165, 1.54) is 0 Å². The van der Waals surface area contributed by atoms with Gasteiger partial charge in [-0.3, -0.25) is 0 Å². The van der Waals surface area contributed by atoms with Crippen LogP contribution in [0.1, 0.15) is 17.7 Å². The Morgan fingerprint density at radius 2 is 2.50 bits per heavy atom. The van der Waals surface area contributed by atoms with Crippen LogP contribution in [0.15, 0.2) is 18.3 Å². The van der Waals surface area contributed by atoms with Gasteiger partial charge in [0.1, 0.15) is 12.0 Å². The molecule has 0 aliphatic carbocycles. The first kappa shape index (κ1) is 8.48. The van der Waals surface area contributed by atoms with E-state index in [2.05, 4.69) is 16.8 Å². The fourth-order valence-electron chi connectivity index (χ4n) is 0.793. The van der Waals surface area contributed by atoms with Crippen molar-refractivity contribution in [3.8, 4) is 11.8 Å². The molecule has 0 saturated carbocycles. The Hall–Kier alpha value is -1.62. The minimum atomic E-state index is 0.274. The van der Waals surface area contributed by atoms with Crippen LogP contribution in [0.3, 0.4) is 0 Å². The van der Waals surface area contributed by atoms with Gasteiger partial charge in [-0.15, -0.1) is 0 Å². The number of aldehydes is 1. The maximum atomic E-state index is 9.96. The van der Waals surface area contributed by atoms with Gasteiger partial charge in [-0.05, 0) is 24.5 Å². The molecular weight excluding hydrogens is 150 g/mol. The van der Waals surface area contributed by atoms with E-state index in [0.717, 1.165) is 17.5 Å². The summed E-state index contributed by atoms with van der Waals surface area (Å²) < 4.78 is 0. The van der Waals surface area contributed by atoms with Crippen molar-refractivity contribution in [2.24, 2.45) is 0 Å². The van der Waals surface area contributed by atoms with Crippen molar-refractivity contribution in [3.05, 3.63) is 29.6 Å². The summed E-state index contributed by atoms with van der Waals surface area (Å²) in [5, 5.41) is 0. The highest BCUT2D eigenvalue weighted by molar-refractivity contribution is 5.54. The predicted molar refractivity (Wildman–Crippen MR) is 46.5 cm³/mol. The van der Waals surface area contributed by atoms with Gasteiger partial charge < -0.3 is 4.79 Å². The molecule has 2 nitrogen and oxygen atoms in total. The van der Waals surface area contributed by atoms with Gasteiger partial charge in [-0.2, -0.15) is 0 Å². The average molecular weight is 159 g/mol. The number of hydrogen-bond donors (Lipinski definition) is 0. The molecule has 1 rings (SSSR count). The fraction of sp³-hybridized carbons (Fsp3) is 0.200. The van der Waals surface area contributed by atoms with Crippen LogP contribution in [0.5, 0.6) is 0 Å². The number of aromatic nitrogens is 1. The smallest absolute Gasteiger partial charge is 0.131 e. The third kappa shape index (κ3) is 2.21. The van der Waals surface area contributed by atoms with Crippen molar-refractivity contribution in [2.75, 3.05) is 0 Å². The molecule has 2 heteroatoms. The number of pyridine rings is 1. The molecule has 0 unspecified atom stereocenters. The third-order valence-corrected chi connectivity index (χ3v) is 1.40. The maximum Gasteiger partial charge on any atom is 0.131 e. The van der Waals surface area contributed by atoms with Gasteiger partial charge >= 0.3 is 0 Å². The minimum absolute atomic E-state index is 0.274. The molecule has 0 radical (unpaired) electrons. The van der Waals surface area contributed by atoms with Gasteiger partial charge in [0.15, 0.2) is 0 Å². The summed E-state index contributed by atoms with van der Waals surface area (Å²) in [6.45, 7) is 1.94. The van der Waals surface area contributed by atoms with Crippen molar-refractivity contribution in [3.63, 3.8) is 0 Å². The van der Waals surface area contributed by atoms with Gasteiger partial charge in [0.2, 0.25) is 0 Å². The average Bonchev–Trinajstić information content (AvgIpc) is 2.09. The fourth-order valence-corrected chi connectivity index (χ4v) is 0.793. The van der Waals surface area contributed by atoms with Gasteiger partial charge in [0.25, 0.3) is 0 Å². The highest BCUT2D eigenvalue weighted by Crippen LogP contribution is 1.99. The van der Waals surface area contributed by atoms with E-state index in [4.69, 9.17) is 0 Å². The first-order chi connectivity index (χ1) is 5.84. The second kappa shape index (κ2) is 4.30. The molecule has 1 heterocycles. The van der Waals surface area contributed by atoms with E-state index >= 15 is 0 Å². The van der Waals surface area contributed by atoms with Gasteiger partial charge in [0, 0.05) is 6.20 Å². The Morgan fingerprint density at radius 1 is 1.67 bits per heavy atom. The molecule has 0 aliphatic rings. The second-order valence-corrected chi connectivity index (χ2v) is 2.34. The van der Waals surface area contributed by atoms with Crippen molar-refractivity contribution >= 4 is 6.29 Å². The lowest BCUT2D eigenvalue weighted by Crippen LogP contribution is -1.85. The summed E-state index contributed by atoms with van der Waals surface area (Å²) in [6.07, 6.45) is 2.75. The van der Waals surface area contributed by atoms with Crippen LogP contribution >= 0.6 is 0 Å². The molecule has 0 spiro atoms. The van der Waals surface area contributed by atoms with Crippen molar-refractivity contribution in [1.29, 1.82) is 0 Å². The zero-order valence-corrected chi connectivity index (χ0v) is 6.87. The van der Waals surface area contributed by atoms with Crippen molar-refractivity contribution in [2.45, 2.75) is 13.3 Å². The molecule has 0 aromatic carbocycles. The van der Waals surface area contributed by atoms with Crippen molar-refractivity contribution in [1.82, 2.24) is 4.98 Å². The maximum absolute atomic E-state index is 9.96. The number of nitrogens with zero attached hydrogens (tertiary/aromatic N) is 1. The lowest BCUT2D eigenvalue weighted by atomic mass is 10.2. The Labute approximate surface area is 71.6 Å². The molecule has 60 valence electrons. The molecule has 0 aliphatic heterocycles. The van der Waals surface area contributed by atoms with Gasteiger partial charge in [-0.25, -0.2) is 4.98 Å². The summed E-state index contributed by atoms with van der Waals surface area (Å²) in [6, 6.07) is 3.80.